The van der Waals surface area contributed by atoms with Gasteiger partial charge in [-0.1, -0.05) is 12.1 Å². The first kappa shape index (κ1) is 14.2. The van der Waals surface area contributed by atoms with Crippen LogP contribution in [0.15, 0.2) is 29.2 Å². The van der Waals surface area contributed by atoms with E-state index in [9.17, 15) is 13.2 Å². The molecule has 6 nitrogen and oxygen atoms in total. The van der Waals surface area contributed by atoms with Gasteiger partial charge >= 0.3 is 5.97 Å². The normalized spacial score (nSPS) is 12.7. The Bertz CT molecular complexity index is 589. The van der Waals surface area contributed by atoms with E-state index in [4.69, 9.17) is 10.4 Å². The Morgan fingerprint density at radius 3 is 2.67 bits per heavy atom. The number of hydrogen-bond acceptors (Lipinski definition) is 4. The van der Waals surface area contributed by atoms with Gasteiger partial charge in [-0.3, -0.25) is 4.79 Å². The Kier molecular flexibility index (Phi) is 4.42. The van der Waals surface area contributed by atoms with Crippen molar-refractivity contribution in [3.8, 4) is 6.07 Å². The van der Waals surface area contributed by atoms with E-state index in [1.54, 1.807) is 12.1 Å². The highest BCUT2D eigenvalue weighted by atomic mass is 32.2. The first-order valence-corrected chi connectivity index (χ1v) is 6.58. The Morgan fingerprint density at radius 2 is 2.11 bits per heavy atom. The van der Waals surface area contributed by atoms with Crippen molar-refractivity contribution < 1.29 is 18.3 Å². The lowest BCUT2D eigenvalue weighted by atomic mass is 10.2. The van der Waals surface area contributed by atoms with Crippen LogP contribution in [0.5, 0.6) is 0 Å². The van der Waals surface area contributed by atoms with Crippen molar-refractivity contribution in [3.05, 3.63) is 29.8 Å². The van der Waals surface area contributed by atoms with Crippen LogP contribution in [0.2, 0.25) is 0 Å². The molecule has 0 amide bonds. The van der Waals surface area contributed by atoms with Gasteiger partial charge in [0.2, 0.25) is 10.0 Å². The molecule has 1 unspecified atom stereocenters. The molecule has 1 atom stereocenters. The van der Waals surface area contributed by atoms with Crippen LogP contribution in [0, 0.1) is 11.3 Å². The van der Waals surface area contributed by atoms with E-state index in [2.05, 4.69) is 4.72 Å². The number of nitriles is 1. The number of carbonyl (C=O) groups is 1. The molecule has 0 heterocycles. The van der Waals surface area contributed by atoms with Crippen molar-refractivity contribution in [2.75, 3.05) is 0 Å². The molecule has 0 bridgehead atoms. The van der Waals surface area contributed by atoms with Crippen LogP contribution < -0.4 is 4.72 Å². The van der Waals surface area contributed by atoms with E-state index in [0.29, 0.717) is 0 Å². The van der Waals surface area contributed by atoms with Gasteiger partial charge in [-0.2, -0.15) is 5.26 Å². The predicted molar refractivity (Wildman–Crippen MR) is 63.2 cm³/mol. The van der Waals surface area contributed by atoms with Gasteiger partial charge in [0, 0.05) is 6.04 Å². The summed E-state index contributed by atoms with van der Waals surface area (Å²) in [6.45, 7) is 1.45. The van der Waals surface area contributed by atoms with Crippen molar-refractivity contribution in [3.63, 3.8) is 0 Å². The van der Waals surface area contributed by atoms with E-state index in [-0.39, 0.29) is 16.9 Å². The topological polar surface area (TPSA) is 107 Å². The molecule has 0 aromatic heterocycles. The van der Waals surface area contributed by atoms with E-state index in [1.807, 2.05) is 0 Å². The van der Waals surface area contributed by atoms with Crippen LogP contribution in [0.25, 0.3) is 0 Å². The van der Waals surface area contributed by atoms with Crippen LogP contribution >= 0.6 is 0 Å². The summed E-state index contributed by atoms with van der Waals surface area (Å²) in [6.07, 6.45) is -0.325. The molecular formula is C11H12N2O4S. The third-order valence-corrected chi connectivity index (χ3v) is 3.78. The minimum absolute atomic E-state index is 0.0209. The molecule has 1 rings (SSSR count). The Balaban J connectivity index is 3.01. The molecule has 0 fully saturated rings. The van der Waals surface area contributed by atoms with Gasteiger partial charge in [-0.25, -0.2) is 13.1 Å². The molecule has 0 aliphatic heterocycles. The number of sulfonamides is 1. The average Bonchev–Trinajstić information content (AvgIpc) is 2.27. The average molecular weight is 268 g/mol. The number of carboxylic acids is 1. The molecule has 0 radical (unpaired) electrons. The van der Waals surface area contributed by atoms with Gasteiger partial charge in [0.25, 0.3) is 0 Å². The second kappa shape index (κ2) is 5.62. The summed E-state index contributed by atoms with van der Waals surface area (Å²) in [5.74, 6) is -1.10. The maximum absolute atomic E-state index is 11.9. The van der Waals surface area contributed by atoms with Crippen molar-refractivity contribution >= 4 is 16.0 Å². The van der Waals surface area contributed by atoms with Crippen LogP contribution in [-0.4, -0.2) is 25.5 Å². The third-order valence-electron chi connectivity index (χ3n) is 2.13. The van der Waals surface area contributed by atoms with Crippen LogP contribution in [0.1, 0.15) is 18.9 Å². The van der Waals surface area contributed by atoms with Crippen molar-refractivity contribution in [2.24, 2.45) is 0 Å². The number of nitrogens with zero attached hydrogens (tertiary/aromatic N) is 1. The van der Waals surface area contributed by atoms with Gasteiger partial charge in [-0.05, 0) is 19.1 Å². The van der Waals surface area contributed by atoms with Crippen LogP contribution in [0.4, 0.5) is 0 Å². The van der Waals surface area contributed by atoms with Gasteiger partial charge in [-0.15, -0.1) is 0 Å². The summed E-state index contributed by atoms with van der Waals surface area (Å²) in [5, 5.41) is 17.4. The lowest BCUT2D eigenvalue weighted by Crippen LogP contribution is -2.34. The Morgan fingerprint density at radius 1 is 1.50 bits per heavy atom. The molecule has 0 saturated carbocycles. The van der Waals surface area contributed by atoms with E-state index in [0.717, 1.165) is 0 Å². The molecule has 0 aliphatic rings. The van der Waals surface area contributed by atoms with Gasteiger partial charge in [0.1, 0.15) is 6.07 Å². The molecule has 1 aromatic rings. The maximum Gasteiger partial charge on any atom is 0.304 e. The van der Waals surface area contributed by atoms with Crippen molar-refractivity contribution in [1.29, 1.82) is 5.26 Å². The quantitative estimate of drug-likeness (QED) is 0.817. The summed E-state index contributed by atoms with van der Waals surface area (Å²) in [6, 6.07) is 6.77. The van der Waals surface area contributed by atoms with Gasteiger partial charge < -0.3 is 5.11 Å². The fourth-order valence-electron chi connectivity index (χ4n) is 1.43. The number of aliphatic carboxylic acids is 1. The predicted octanol–water partition coefficient (Wildman–Crippen LogP) is 0.700. The maximum atomic E-state index is 11.9. The molecule has 0 aliphatic carbocycles. The molecule has 96 valence electrons. The minimum Gasteiger partial charge on any atom is -0.481 e. The summed E-state index contributed by atoms with van der Waals surface area (Å²) in [5.41, 5.74) is 0.0209. The van der Waals surface area contributed by atoms with Crippen molar-refractivity contribution in [1.82, 2.24) is 4.72 Å². The zero-order chi connectivity index (χ0) is 13.8. The molecule has 0 saturated heterocycles. The van der Waals surface area contributed by atoms with E-state index in [1.165, 1.54) is 25.1 Å². The Hall–Kier alpha value is -1.91. The number of hydrogen-bond donors (Lipinski definition) is 2. The largest absolute Gasteiger partial charge is 0.481 e. The highest BCUT2D eigenvalue weighted by molar-refractivity contribution is 7.89. The smallest absolute Gasteiger partial charge is 0.304 e. The first-order chi connectivity index (χ1) is 8.36. The van der Waals surface area contributed by atoms with Crippen LogP contribution in [-0.2, 0) is 14.8 Å². The van der Waals surface area contributed by atoms with Crippen molar-refractivity contribution in [2.45, 2.75) is 24.3 Å². The molecular weight excluding hydrogens is 256 g/mol. The standard InChI is InChI=1S/C11H12N2O4S/c1-8(6-11(14)15)13-18(16,17)10-5-3-2-4-9(10)7-12/h2-5,8,13H,6H2,1H3,(H,14,15). The lowest BCUT2D eigenvalue weighted by Gasteiger charge is -2.12. The lowest BCUT2D eigenvalue weighted by molar-refractivity contribution is -0.137. The second-order valence-electron chi connectivity index (χ2n) is 3.73. The number of nitrogens with one attached hydrogen (secondary N) is 1. The molecule has 7 heteroatoms. The summed E-state index contributed by atoms with van der Waals surface area (Å²) in [7, 11) is -3.88. The number of benzene rings is 1. The summed E-state index contributed by atoms with van der Waals surface area (Å²) >= 11 is 0. The third kappa shape index (κ3) is 3.55. The summed E-state index contributed by atoms with van der Waals surface area (Å²) < 4.78 is 26.1. The SMILES string of the molecule is CC(CC(=O)O)NS(=O)(=O)c1ccccc1C#N. The monoisotopic (exact) mass is 268 g/mol. The second-order valence-corrected chi connectivity index (χ2v) is 5.41. The Labute approximate surface area is 105 Å². The fraction of sp³-hybridized carbons (Fsp3) is 0.273. The minimum atomic E-state index is -3.88. The molecule has 0 spiro atoms. The number of carboxylic acid groups (broad SMARTS) is 1. The zero-order valence-electron chi connectivity index (χ0n) is 9.62. The number of rotatable bonds is 5. The van der Waals surface area contributed by atoms with Gasteiger partial charge in [0.05, 0.1) is 16.9 Å². The van der Waals surface area contributed by atoms with Gasteiger partial charge in [0.15, 0.2) is 0 Å². The van der Waals surface area contributed by atoms with E-state index < -0.39 is 22.0 Å². The van der Waals surface area contributed by atoms with E-state index >= 15 is 0 Å². The van der Waals surface area contributed by atoms with Crippen LogP contribution in [0.3, 0.4) is 0 Å². The zero-order valence-corrected chi connectivity index (χ0v) is 10.4. The molecule has 18 heavy (non-hydrogen) atoms. The molecule has 2 N–H and O–H groups in total. The molecule has 1 aromatic carbocycles. The first-order valence-electron chi connectivity index (χ1n) is 5.10. The highest BCUT2D eigenvalue weighted by Crippen LogP contribution is 2.14. The summed E-state index contributed by atoms with van der Waals surface area (Å²) in [4.78, 5) is 10.3. The highest BCUT2D eigenvalue weighted by Gasteiger charge is 2.21. The fourth-order valence-corrected chi connectivity index (χ4v) is 2.83.